The van der Waals surface area contributed by atoms with Gasteiger partial charge in [0.05, 0.1) is 11.7 Å². The normalized spacial score (nSPS) is 22.4. The highest BCUT2D eigenvalue weighted by atomic mass is 19.1. The van der Waals surface area contributed by atoms with Gasteiger partial charge in [0.1, 0.15) is 17.2 Å². The van der Waals surface area contributed by atoms with Crippen molar-refractivity contribution in [1.82, 2.24) is 4.90 Å². The minimum atomic E-state index is -0.576. The van der Waals surface area contributed by atoms with Gasteiger partial charge in [0.2, 0.25) is 0 Å². The summed E-state index contributed by atoms with van der Waals surface area (Å²) >= 11 is 0. The molecule has 3 aliphatic rings. The second-order valence-electron chi connectivity index (χ2n) is 9.52. The van der Waals surface area contributed by atoms with Crippen molar-refractivity contribution < 1.29 is 19.0 Å². The van der Waals surface area contributed by atoms with Crippen molar-refractivity contribution in [1.29, 1.82) is 0 Å². The molecule has 2 N–H and O–H groups in total. The molecule has 0 atom stereocenters. The van der Waals surface area contributed by atoms with E-state index in [-0.39, 0.29) is 17.8 Å². The quantitative estimate of drug-likeness (QED) is 0.702. The van der Waals surface area contributed by atoms with Gasteiger partial charge in [-0.3, -0.25) is 4.79 Å². The summed E-state index contributed by atoms with van der Waals surface area (Å²) in [4.78, 5) is 15.2. The summed E-state index contributed by atoms with van der Waals surface area (Å²) < 4.78 is 20.2. The van der Waals surface area contributed by atoms with Gasteiger partial charge in [0.25, 0.3) is 5.91 Å². The van der Waals surface area contributed by atoms with Gasteiger partial charge in [-0.15, -0.1) is 0 Å². The van der Waals surface area contributed by atoms with Gasteiger partial charge in [-0.25, -0.2) is 4.39 Å². The van der Waals surface area contributed by atoms with E-state index >= 15 is 0 Å². The number of carbonyl (C=O) groups excluding carboxylic acids is 1. The van der Waals surface area contributed by atoms with Crippen molar-refractivity contribution in [3.05, 3.63) is 64.5 Å². The second kappa shape index (κ2) is 8.01. The molecular weight excluding hydrogens is 407 g/mol. The van der Waals surface area contributed by atoms with E-state index in [1.54, 1.807) is 6.07 Å². The first-order valence-electron chi connectivity index (χ1n) is 11.4. The number of fused-ring (bicyclic) bond motifs is 2. The molecule has 3 aliphatic heterocycles. The number of carbonyl (C=O) groups is 1. The number of ether oxygens (including phenoxy) is 1. The van der Waals surface area contributed by atoms with Crippen LogP contribution in [0.15, 0.2) is 36.4 Å². The molecule has 2 aromatic carbocycles. The number of halogens is 1. The topological polar surface area (TPSA) is 61.8 Å². The fourth-order valence-electron chi connectivity index (χ4n) is 5.01. The number of amides is 1. The second-order valence-corrected chi connectivity index (χ2v) is 9.52. The largest absolute Gasteiger partial charge is 0.482 e. The zero-order valence-corrected chi connectivity index (χ0v) is 18.6. The Labute approximate surface area is 187 Å². The van der Waals surface area contributed by atoms with Crippen LogP contribution in [-0.4, -0.2) is 41.7 Å². The van der Waals surface area contributed by atoms with Crippen LogP contribution in [-0.2, 0) is 21.6 Å². The number of hydrogen-bond donors (Lipinski definition) is 2. The molecule has 0 aromatic heterocycles. The van der Waals surface area contributed by atoms with Gasteiger partial charge in [0, 0.05) is 35.5 Å². The molecule has 0 bridgehead atoms. The number of benzene rings is 2. The number of aryl methyl sites for hydroxylation is 1. The van der Waals surface area contributed by atoms with E-state index in [0.717, 1.165) is 56.4 Å². The number of aliphatic hydroxyl groups is 1. The molecule has 2 aromatic rings. The molecule has 32 heavy (non-hydrogen) atoms. The summed E-state index contributed by atoms with van der Waals surface area (Å²) in [6.45, 7) is 6.96. The maximum absolute atomic E-state index is 13.9. The lowest BCUT2D eigenvalue weighted by molar-refractivity contribution is -0.110. The zero-order valence-electron chi connectivity index (χ0n) is 18.6. The predicted octanol–water partition coefficient (Wildman–Crippen LogP) is 4.30. The summed E-state index contributed by atoms with van der Waals surface area (Å²) in [6, 6.07) is 10.6. The first-order valence-corrected chi connectivity index (χ1v) is 11.4. The molecule has 0 spiro atoms. The monoisotopic (exact) mass is 436 g/mol. The number of rotatable bonds is 4. The molecule has 0 unspecified atom stereocenters. The Morgan fingerprint density at radius 3 is 2.72 bits per heavy atom. The highest BCUT2D eigenvalue weighted by Crippen LogP contribution is 2.48. The Hall–Kier alpha value is -2.70. The number of aliphatic hydroxyl groups excluding tert-OH is 1. The van der Waals surface area contributed by atoms with Crippen molar-refractivity contribution >= 4 is 22.9 Å². The van der Waals surface area contributed by atoms with Crippen LogP contribution in [0.1, 0.15) is 55.4 Å². The molecule has 0 radical (unpaired) electrons. The van der Waals surface area contributed by atoms with E-state index in [2.05, 4.69) is 22.3 Å². The summed E-state index contributed by atoms with van der Waals surface area (Å²) in [5.74, 6) is -0.125. The molecule has 5 rings (SSSR count). The SMILES string of the molecule is CC1(C)OC(=C2C(=O)Nc3ccc(F)cc32)c2ccc(CCCN3CCC(O)CC3)cc21. The summed E-state index contributed by atoms with van der Waals surface area (Å²) in [6.07, 6.45) is 3.60. The van der Waals surface area contributed by atoms with Crippen molar-refractivity contribution in [3.8, 4) is 0 Å². The minimum Gasteiger partial charge on any atom is -0.482 e. The minimum absolute atomic E-state index is 0.140. The maximum atomic E-state index is 13.9. The molecule has 5 nitrogen and oxygen atoms in total. The van der Waals surface area contributed by atoms with Crippen LogP contribution in [0.5, 0.6) is 0 Å². The van der Waals surface area contributed by atoms with Crippen LogP contribution in [0.4, 0.5) is 10.1 Å². The molecule has 1 saturated heterocycles. The van der Waals surface area contributed by atoms with Crippen LogP contribution in [0.25, 0.3) is 11.3 Å². The van der Waals surface area contributed by atoms with E-state index < -0.39 is 5.60 Å². The molecule has 1 fully saturated rings. The first kappa shape index (κ1) is 21.2. The lowest BCUT2D eigenvalue weighted by Crippen LogP contribution is -2.36. The van der Waals surface area contributed by atoms with E-state index in [9.17, 15) is 14.3 Å². The van der Waals surface area contributed by atoms with Crippen LogP contribution >= 0.6 is 0 Å². The van der Waals surface area contributed by atoms with E-state index in [1.807, 2.05) is 19.9 Å². The Balaban J connectivity index is 1.40. The molecule has 3 heterocycles. The third-order valence-electron chi connectivity index (χ3n) is 6.78. The average Bonchev–Trinajstić information content (AvgIpc) is 3.21. The van der Waals surface area contributed by atoms with E-state index in [0.29, 0.717) is 22.6 Å². The molecule has 0 saturated carbocycles. The Morgan fingerprint density at radius 2 is 1.94 bits per heavy atom. The number of likely N-dealkylation sites (tertiary alicyclic amines) is 1. The highest BCUT2D eigenvalue weighted by molar-refractivity contribution is 6.36. The fourth-order valence-corrected chi connectivity index (χ4v) is 5.01. The Morgan fingerprint density at radius 1 is 1.16 bits per heavy atom. The molecule has 168 valence electrons. The van der Waals surface area contributed by atoms with Gasteiger partial charge in [-0.1, -0.05) is 18.2 Å². The molecule has 0 aliphatic carbocycles. The van der Waals surface area contributed by atoms with Gasteiger partial charge in [-0.2, -0.15) is 0 Å². The van der Waals surface area contributed by atoms with Gasteiger partial charge in [-0.05, 0) is 69.8 Å². The summed E-state index contributed by atoms with van der Waals surface area (Å²) in [7, 11) is 0. The number of nitrogens with zero attached hydrogens (tertiary/aromatic N) is 1. The standard InChI is InChI=1S/C26H29FN2O3/c1-26(2)21-14-16(4-3-11-29-12-9-18(30)10-13-29)5-7-19(21)24(32-26)23-20-15-17(27)6-8-22(20)28-25(23)31/h5-8,14-15,18,30H,3-4,9-13H2,1-2H3,(H,28,31). The van der Waals surface area contributed by atoms with Crippen LogP contribution in [0.3, 0.4) is 0 Å². The highest BCUT2D eigenvalue weighted by Gasteiger charge is 2.40. The zero-order chi connectivity index (χ0) is 22.5. The third kappa shape index (κ3) is 3.82. The van der Waals surface area contributed by atoms with Gasteiger partial charge >= 0.3 is 0 Å². The number of hydrogen-bond acceptors (Lipinski definition) is 4. The lowest BCUT2D eigenvalue weighted by Gasteiger charge is -2.29. The maximum Gasteiger partial charge on any atom is 0.260 e. The average molecular weight is 437 g/mol. The fraction of sp³-hybridized carbons (Fsp3) is 0.423. The van der Waals surface area contributed by atoms with E-state index in [1.165, 1.54) is 17.7 Å². The predicted molar refractivity (Wildman–Crippen MR) is 122 cm³/mol. The van der Waals surface area contributed by atoms with Crippen molar-refractivity contribution in [2.75, 3.05) is 25.0 Å². The first-order chi connectivity index (χ1) is 15.3. The lowest BCUT2D eigenvalue weighted by atomic mass is 9.91. The number of nitrogens with one attached hydrogen (secondary N) is 1. The van der Waals surface area contributed by atoms with Crippen molar-refractivity contribution in [3.63, 3.8) is 0 Å². The summed E-state index contributed by atoms with van der Waals surface area (Å²) in [5.41, 5.74) is 4.16. The van der Waals surface area contributed by atoms with Crippen LogP contribution in [0, 0.1) is 5.82 Å². The van der Waals surface area contributed by atoms with E-state index in [4.69, 9.17) is 4.74 Å². The number of anilines is 1. The van der Waals surface area contributed by atoms with Gasteiger partial charge < -0.3 is 20.1 Å². The molecule has 6 heteroatoms. The van der Waals surface area contributed by atoms with Crippen LogP contribution in [0.2, 0.25) is 0 Å². The van der Waals surface area contributed by atoms with Crippen LogP contribution < -0.4 is 5.32 Å². The Kier molecular flexibility index (Phi) is 5.30. The molecule has 1 amide bonds. The van der Waals surface area contributed by atoms with Crippen molar-refractivity contribution in [2.45, 2.75) is 51.2 Å². The summed E-state index contributed by atoms with van der Waals surface area (Å²) in [5, 5.41) is 12.5. The smallest absolute Gasteiger partial charge is 0.260 e. The Bertz CT molecular complexity index is 1100. The van der Waals surface area contributed by atoms with Crippen molar-refractivity contribution in [2.24, 2.45) is 0 Å². The number of piperidine rings is 1. The van der Waals surface area contributed by atoms with Gasteiger partial charge in [0.15, 0.2) is 0 Å². The third-order valence-corrected chi connectivity index (χ3v) is 6.78. The molecular formula is C26H29FN2O3.